The molecule has 20 heavy (non-hydrogen) atoms. The van der Waals surface area contributed by atoms with Crippen LogP contribution in [0.3, 0.4) is 0 Å². The molecule has 5 nitrogen and oxygen atoms in total. The van der Waals surface area contributed by atoms with Gasteiger partial charge in [0.25, 0.3) is 0 Å². The highest BCUT2D eigenvalue weighted by Crippen LogP contribution is 2.21. The van der Waals surface area contributed by atoms with Crippen molar-refractivity contribution < 1.29 is 4.74 Å². The van der Waals surface area contributed by atoms with E-state index in [-0.39, 0.29) is 6.04 Å². The van der Waals surface area contributed by atoms with E-state index >= 15 is 0 Å². The summed E-state index contributed by atoms with van der Waals surface area (Å²) in [6, 6.07) is 7.70. The van der Waals surface area contributed by atoms with Crippen LogP contribution < -0.4 is 16.0 Å². The third-order valence-corrected chi connectivity index (χ3v) is 3.03. The zero-order valence-electron chi connectivity index (χ0n) is 11.6. The van der Waals surface area contributed by atoms with Gasteiger partial charge in [-0.2, -0.15) is 0 Å². The predicted octanol–water partition coefficient (Wildman–Crippen LogP) is 2.21. The third kappa shape index (κ3) is 3.76. The number of ether oxygens (including phenoxy) is 1. The van der Waals surface area contributed by atoms with E-state index in [4.69, 9.17) is 10.6 Å². The van der Waals surface area contributed by atoms with Crippen LogP contribution in [0.4, 0.5) is 0 Å². The molecular formula is C15H20N4O. The summed E-state index contributed by atoms with van der Waals surface area (Å²) >= 11 is 0. The molecule has 2 rings (SSSR count). The zero-order chi connectivity index (χ0) is 14.2. The number of benzene rings is 1. The van der Waals surface area contributed by atoms with Gasteiger partial charge >= 0.3 is 0 Å². The normalized spacial score (nSPS) is 12.1. The molecule has 1 atom stereocenters. The second-order valence-electron chi connectivity index (χ2n) is 4.50. The maximum atomic E-state index is 5.64. The van der Waals surface area contributed by atoms with E-state index in [1.54, 1.807) is 18.6 Å². The minimum atomic E-state index is -0.173. The quantitative estimate of drug-likeness (QED) is 0.459. The van der Waals surface area contributed by atoms with Gasteiger partial charge in [-0.05, 0) is 24.1 Å². The molecule has 0 spiro atoms. The highest BCUT2D eigenvalue weighted by Gasteiger charge is 2.13. The SMILES string of the molecule is CCCCOc1ccc(C(NN)c2cnccn2)cc1. The number of nitrogens with one attached hydrogen (secondary N) is 1. The second-order valence-corrected chi connectivity index (χ2v) is 4.50. The molecule has 0 saturated carbocycles. The zero-order valence-corrected chi connectivity index (χ0v) is 11.6. The van der Waals surface area contributed by atoms with E-state index < -0.39 is 0 Å². The molecule has 0 aliphatic heterocycles. The molecule has 1 heterocycles. The molecule has 2 aromatic rings. The molecule has 0 fully saturated rings. The number of aromatic nitrogens is 2. The van der Waals surface area contributed by atoms with Crippen LogP contribution in [0.1, 0.15) is 37.1 Å². The van der Waals surface area contributed by atoms with Crippen molar-refractivity contribution in [1.29, 1.82) is 0 Å². The third-order valence-electron chi connectivity index (χ3n) is 3.03. The molecule has 1 aromatic carbocycles. The number of rotatable bonds is 7. The van der Waals surface area contributed by atoms with Crippen LogP contribution in [0.15, 0.2) is 42.9 Å². The van der Waals surface area contributed by atoms with E-state index in [9.17, 15) is 0 Å². The summed E-state index contributed by atoms with van der Waals surface area (Å²) in [5.74, 6) is 6.50. The van der Waals surface area contributed by atoms with Gasteiger partial charge in [-0.1, -0.05) is 25.5 Å². The Bertz CT molecular complexity index is 501. The first-order valence-electron chi connectivity index (χ1n) is 6.80. The monoisotopic (exact) mass is 272 g/mol. The fourth-order valence-corrected chi connectivity index (χ4v) is 1.90. The highest BCUT2D eigenvalue weighted by atomic mass is 16.5. The molecule has 5 heteroatoms. The van der Waals surface area contributed by atoms with Crippen LogP contribution in [0, 0.1) is 0 Å². The lowest BCUT2D eigenvalue weighted by Gasteiger charge is -2.15. The van der Waals surface area contributed by atoms with Crippen LogP contribution in [-0.4, -0.2) is 16.6 Å². The van der Waals surface area contributed by atoms with Crippen molar-refractivity contribution in [2.75, 3.05) is 6.61 Å². The molecule has 0 aliphatic carbocycles. The molecule has 0 aliphatic rings. The number of nitrogens with two attached hydrogens (primary N) is 1. The maximum Gasteiger partial charge on any atom is 0.119 e. The molecule has 0 bridgehead atoms. The number of unbranched alkanes of at least 4 members (excludes halogenated alkanes) is 1. The molecule has 0 saturated heterocycles. The Kier molecular flexibility index (Phi) is 5.46. The number of hydrogen-bond donors (Lipinski definition) is 2. The Morgan fingerprint density at radius 3 is 2.65 bits per heavy atom. The van der Waals surface area contributed by atoms with Crippen LogP contribution in [-0.2, 0) is 0 Å². The van der Waals surface area contributed by atoms with Crippen molar-refractivity contribution in [2.24, 2.45) is 5.84 Å². The van der Waals surface area contributed by atoms with Crippen molar-refractivity contribution in [3.05, 3.63) is 54.1 Å². The smallest absolute Gasteiger partial charge is 0.119 e. The van der Waals surface area contributed by atoms with Crippen molar-refractivity contribution >= 4 is 0 Å². The topological polar surface area (TPSA) is 73.1 Å². The second kappa shape index (κ2) is 7.57. The summed E-state index contributed by atoms with van der Waals surface area (Å²) in [5.41, 5.74) is 4.57. The molecule has 106 valence electrons. The van der Waals surface area contributed by atoms with Gasteiger partial charge in [0.2, 0.25) is 0 Å². The van der Waals surface area contributed by atoms with Crippen molar-refractivity contribution in [2.45, 2.75) is 25.8 Å². The van der Waals surface area contributed by atoms with E-state index in [1.165, 1.54) is 0 Å². The van der Waals surface area contributed by atoms with Crippen LogP contribution in [0.25, 0.3) is 0 Å². The van der Waals surface area contributed by atoms with Gasteiger partial charge in [-0.15, -0.1) is 0 Å². The van der Waals surface area contributed by atoms with Gasteiger partial charge in [0.15, 0.2) is 0 Å². The van der Waals surface area contributed by atoms with Crippen molar-refractivity contribution in [1.82, 2.24) is 15.4 Å². The first kappa shape index (κ1) is 14.4. The average molecular weight is 272 g/mol. The molecule has 3 N–H and O–H groups in total. The standard InChI is InChI=1S/C15H20N4O/c1-2-3-10-20-13-6-4-12(5-7-13)15(19-16)14-11-17-8-9-18-14/h4-9,11,15,19H,2-3,10,16H2,1H3. The van der Waals surface area contributed by atoms with Crippen LogP contribution >= 0.6 is 0 Å². The Hall–Kier alpha value is -1.98. The largest absolute Gasteiger partial charge is 0.494 e. The van der Waals surface area contributed by atoms with Gasteiger partial charge in [-0.3, -0.25) is 15.8 Å². The summed E-state index contributed by atoms with van der Waals surface area (Å²) in [6.45, 7) is 2.89. The lowest BCUT2D eigenvalue weighted by atomic mass is 10.0. The number of nitrogens with zero attached hydrogens (tertiary/aromatic N) is 2. The lowest BCUT2D eigenvalue weighted by molar-refractivity contribution is 0.309. The molecule has 1 unspecified atom stereocenters. The first-order chi connectivity index (χ1) is 9.85. The van der Waals surface area contributed by atoms with Gasteiger partial charge in [0.05, 0.1) is 24.5 Å². The summed E-state index contributed by atoms with van der Waals surface area (Å²) in [5, 5.41) is 0. The van der Waals surface area contributed by atoms with E-state index in [0.29, 0.717) is 0 Å². The number of hydrogen-bond acceptors (Lipinski definition) is 5. The van der Waals surface area contributed by atoms with Gasteiger partial charge in [0, 0.05) is 12.4 Å². The highest BCUT2D eigenvalue weighted by molar-refractivity contribution is 5.32. The average Bonchev–Trinajstić information content (AvgIpc) is 2.51. The lowest BCUT2D eigenvalue weighted by Crippen LogP contribution is -2.29. The Balaban J connectivity index is 2.08. The van der Waals surface area contributed by atoms with Crippen LogP contribution in [0.2, 0.25) is 0 Å². The first-order valence-corrected chi connectivity index (χ1v) is 6.80. The minimum absolute atomic E-state index is 0.173. The molecule has 1 aromatic heterocycles. The molecular weight excluding hydrogens is 252 g/mol. The van der Waals surface area contributed by atoms with E-state index in [0.717, 1.165) is 36.5 Å². The number of hydrazine groups is 1. The summed E-state index contributed by atoms with van der Waals surface area (Å²) in [6.07, 6.45) is 7.19. The van der Waals surface area contributed by atoms with Gasteiger partial charge in [0.1, 0.15) is 5.75 Å². The van der Waals surface area contributed by atoms with Crippen molar-refractivity contribution in [3.8, 4) is 5.75 Å². The van der Waals surface area contributed by atoms with Gasteiger partial charge < -0.3 is 4.74 Å². The fraction of sp³-hybridized carbons (Fsp3) is 0.333. The Morgan fingerprint density at radius 2 is 2.05 bits per heavy atom. The van der Waals surface area contributed by atoms with E-state index in [1.807, 2.05) is 24.3 Å². The minimum Gasteiger partial charge on any atom is -0.494 e. The maximum absolute atomic E-state index is 5.64. The van der Waals surface area contributed by atoms with Gasteiger partial charge in [-0.25, -0.2) is 5.43 Å². The predicted molar refractivity (Wildman–Crippen MR) is 78.0 cm³/mol. The van der Waals surface area contributed by atoms with E-state index in [2.05, 4.69) is 22.3 Å². The summed E-state index contributed by atoms with van der Waals surface area (Å²) in [7, 11) is 0. The summed E-state index contributed by atoms with van der Waals surface area (Å²) in [4.78, 5) is 8.34. The fourth-order valence-electron chi connectivity index (χ4n) is 1.90. The van der Waals surface area contributed by atoms with Crippen LogP contribution in [0.5, 0.6) is 5.75 Å². The summed E-state index contributed by atoms with van der Waals surface area (Å²) < 4.78 is 5.64. The Morgan fingerprint density at radius 1 is 1.25 bits per heavy atom. The molecule has 0 radical (unpaired) electrons. The molecule has 0 amide bonds. The Labute approximate surface area is 119 Å². The van der Waals surface area contributed by atoms with Crippen molar-refractivity contribution in [3.63, 3.8) is 0 Å².